The smallest absolute Gasteiger partial charge is 0.407 e. The zero-order valence-corrected chi connectivity index (χ0v) is 22.4. The maximum absolute atomic E-state index is 13.3. The van der Waals surface area contributed by atoms with Gasteiger partial charge in [-0.15, -0.1) is 0 Å². The van der Waals surface area contributed by atoms with Gasteiger partial charge < -0.3 is 26.0 Å². The second kappa shape index (κ2) is 11.9. The van der Waals surface area contributed by atoms with E-state index in [9.17, 15) is 14.4 Å². The molecule has 39 heavy (non-hydrogen) atoms. The topological polar surface area (TPSA) is 140 Å². The summed E-state index contributed by atoms with van der Waals surface area (Å²) in [6, 6.07) is 16.6. The molecule has 204 valence electrons. The summed E-state index contributed by atoms with van der Waals surface area (Å²) in [5.74, 6) is -0.507. The SMILES string of the molecule is CC(C)(C)OC(=O)NC1CCN(C(=O)c2nc(-c3cccc(C(=O)NCc4ccccc4)c3)cnc2N)CC1. The first-order chi connectivity index (χ1) is 18.6. The fraction of sp³-hybridized carbons (Fsp3) is 0.345. The quantitative estimate of drug-likeness (QED) is 0.441. The van der Waals surface area contributed by atoms with E-state index in [1.807, 2.05) is 51.1 Å². The number of piperidine rings is 1. The van der Waals surface area contributed by atoms with Crippen LogP contribution in [0.5, 0.6) is 0 Å². The fourth-order valence-electron chi connectivity index (χ4n) is 4.25. The highest BCUT2D eigenvalue weighted by molar-refractivity contribution is 5.97. The third kappa shape index (κ3) is 7.53. The van der Waals surface area contributed by atoms with Crippen molar-refractivity contribution in [3.63, 3.8) is 0 Å². The van der Waals surface area contributed by atoms with E-state index < -0.39 is 11.7 Å². The third-order valence-corrected chi connectivity index (χ3v) is 6.22. The molecule has 1 aromatic heterocycles. The second-order valence-electron chi connectivity index (χ2n) is 10.5. The first-order valence-corrected chi connectivity index (χ1v) is 12.9. The molecule has 0 bridgehead atoms. The van der Waals surface area contributed by atoms with Crippen LogP contribution in [-0.4, -0.2) is 57.5 Å². The van der Waals surface area contributed by atoms with Crippen molar-refractivity contribution < 1.29 is 19.1 Å². The lowest BCUT2D eigenvalue weighted by Crippen LogP contribution is -2.47. The maximum Gasteiger partial charge on any atom is 0.407 e. The van der Waals surface area contributed by atoms with Crippen LogP contribution in [0.2, 0.25) is 0 Å². The van der Waals surface area contributed by atoms with E-state index >= 15 is 0 Å². The van der Waals surface area contributed by atoms with Crippen molar-refractivity contribution in [3.8, 4) is 11.3 Å². The molecule has 1 fully saturated rings. The Morgan fingerprint density at radius 2 is 1.77 bits per heavy atom. The largest absolute Gasteiger partial charge is 0.444 e. The lowest BCUT2D eigenvalue weighted by Gasteiger charge is -2.32. The van der Waals surface area contributed by atoms with Crippen LogP contribution in [0.4, 0.5) is 10.6 Å². The number of amides is 3. The summed E-state index contributed by atoms with van der Waals surface area (Å²) in [6.45, 7) is 6.71. The summed E-state index contributed by atoms with van der Waals surface area (Å²) in [6.07, 6.45) is 2.19. The number of rotatable bonds is 6. The number of ether oxygens (including phenoxy) is 1. The summed E-state index contributed by atoms with van der Waals surface area (Å²) in [5.41, 5.74) is 8.07. The minimum absolute atomic E-state index is 0.0366. The Labute approximate surface area is 228 Å². The monoisotopic (exact) mass is 530 g/mol. The number of benzene rings is 2. The number of nitrogens with zero attached hydrogens (tertiary/aromatic N) is 3. The molecule has 4 N–H and O–H groups in total. The van der Waals surface area contributed by atoms with Gasteiger partial charge in [0.15, 0.2) is 11.5 Å². The highest BCUT2D eigenvalue weighted by Crippen LogP contribution is 2.22. The summed E-state index contributed by atoms with van der Waals surface area (Å²) in [4.78, 5) is 48.5. The Morgan fingerprint density at radius 1 is 1.05 bits per heavy atom. The van der Waals surface area contributed by atoms with E-state index in [1.54, 1.807) is 29.2 Å². The zero-order chi connectivity index (χ0) is 28.0. The number of nitrogen functional groups attached to an aromatic ring is 1. The van der Waals surface area contributed by atoms with Gasteiger partial charge >= 0.3 is 6.09 Å². The van der Waals surface area contributed by atoms with Crippen LogP contribution < -0.4 is 16.4 Å². The van der Waals surface area contributed by atoms with Crippen LogP contribution in [0.25, 0.3) is 11.3 Å². The van der Waals surface area contributed by atoms with Gasteiger partial charge in [0.2, 0.25) is 0 Å². The van der Waals surface area contributed by atoms with Gasteiger partial charge in [0.1, 0.15) is 5.60 Å². The minimum atomic E-state index is -0.576. The number of aromatic nitrogens is 2. The summed E-state index contributed by atoms with van der Waals surface area (Å²) < 4.78 is 5.32. The van der Waals surface area contributed by atoms with E-state index in [0.29, 0.717) is 49.3 Å². The summed E-state index contributed by atoms with van der Waals surface area (Å²) >= 11 is 0. The van der Waals surface area contributed by atoms with Crippen LogP contribution in [0.1, 0.15) is 60.0 Å². The Kier molecular flexibility index (Phi) is 8.43. The van der Waals surface area contributed by atoms with Gasteiger partial charge in [0.25, 0.3) is 11.8 Å². The van der Waals surface area contributed by atoms with E-state index in [4.69, 9.17) is 10.5 Å². The van der Waals surface area contributed by atoms with Gasteiger partial charge in [0.05, 0.1) is 11.9 Å². The molecule has 2 heterocycles. The minimum Gasteiger partial charge on any atom is -0.444 e. The van der Waals surface area contributed by atoms with Crippen molar-refractivity contribution in [3.05, 3.63) is 77.6 Å². The molecule has 0 aliphatic carbocycles. The van der Waals surface area contributed by atoms with Gasteiger partial charge in [-0.3, -0.25) is 9.59 Å². The normalized spacial score (nSPS) is 14.0. The molecule has 3 amide bonds. The number of hydrogen-bond acceptors (Lipinski definition) is 7. The highest BCUT2D eigenvalue weighted by Gasteiger charge is 2.28. The van der Waals surface area contributed by atoms with Crippen LogP contribution in [0.3, 0.4) is 0 Å². The molecule has 10 nitrogen and oxygen atoms in total. The van der Waals surface area contributed by atoms with E-state index in [2.05, 4.69) is 20.6 Å². The van der Waals surface area contributed by atoms with Gasteiger partial charge in [-0.05, 0) is 51.3 Å². The molecule has 3 aromatic rings. The van der Waals surface area contributed by atoms with Crippen molar-refractivity contribution in [2.75, 3.05) is 18.8 Å². The predicted molar refractivity (Wildman–Crippen MR) is 148 cm³/mol. The van der Waals surface area contributed by atoms with Gasteiger partial charge in [-0.2, -0.15) is 0 Å². The Hall–Kier alpha value is -4.47. The van der Waals surface area contributed by atoms with Gasteiger partial charge in [-0.1, -0.05) is 42.5 Å². The Balaban J connectivity index is 1.40. The number of carbonyl (C=O) groups is 3. The number of nitrogens with two attached hydrogens (primary N) is 1. The van der Waals surface area contributed by atoms with Crippen molar-refractivity contribution in [1.29, 1.82) is 0 Å². The molecule has 1 aliphatic rings. The molecule has 4 rings (SSSR count). The standard InChI is InChI=1S/C29H34N6O4/c1-29(2,3)39-28(38)33-22-12-14-35(15-13-22)27(37)24-25(30)31-18-23(34-24)20-10-7-11-21(16-20)26(36)32-17-19-8-5-4-6-9-19/h4-11,16,18,22H,12-15,17H2,1-3H3,(H2,30,31)(H,32,36)(H,33,38). The average Bonchev–Trinajstić information content (AvgIpc) is 2.91. The van der Waals surface area contributed by atoms with E-state index in [1.165, 1.54) is 6.20 Å². The molecule has 0 spiro atoms. The molecular formula is C29H34N6O4. The number of anilines is 1. The molecule has 0 saturated carbocycles. The second-order valence-corrected chi connectivity index (χ2v) is 10.5. The Morgan fingerprint density at radius 3 is 2.46 bits per heavy atom. The molecule has 1 aliphatic heterocycles. The number of hydrogen-bond donors (Lipinski definition) is 3. The summed E-state index contributed by atoms with van der Waals surface area (Å²) in [5, 5.41) is 5.78. The van der Waals surface area contributed by atoms with Gasteiger partial charge in [0, 0.05) is 36.8 Å². The molecule has 0 radical (unpaired) electrons. The van der Waals surface area contributed by atoms with E-state index in [-0.39, 0.29) is 29.4 Å². The van der Waals surface area contributed by atoms with Crippen molar-refractivity contribution in [2.45, 2.75) is 51.8 Å². The lowest BCUT2D eigenvalue weighted by atomic mass is 10.0. The van der Waals surface area contributed by atoms with E-state index in [0.717, 1.165) is 5.56 Å². The number of alkyl carbamates (subject to hydrolysis) is 1. The number of nitrogens with one attached hydrogen (secondary N) is 2. The third-order valence-electron chi connectivity index (χ3n) is 6.22. The van der Waals surface area contributed by atoms with Crippen LogP contribution in [0, 0.1) is 0 Å². The molecular weight excluding hydrogens is 496 g/mol. The van der Waals surface area contributed by atoms with Gasteiger partial charge in [-0.25, -0.2) is 14.8 Å². The van der Waals surface area contributed by atoms with Crippen molar-refractivity contribution >= 4 is 23.7 Å². The van der Waals surface area contributed by atoms with Crippen LogP contribution in [0.15, 0.2) is 60.8 Å². The zero-order valence-electron chi connectivity index (χ0n) is 22.4. The number of carbonyl (C=O) groups excluding carboxylic acids is 3. The fourth-order valence-corrected chi connectivity index (χ4v) is 4.25. The first kappa shape index (κ1) is 27.6. The van der Waals surface area contributed by atoms with Crippen molar-refractivity contribution in [1.82, 2.24) is 25.5 Å². The van der Waals surface area contributed by atoms with Crippen LogP contribution in [-0.2, 0) is 11.3 Å². The molecule has 1 saturated heterocycles. The molecule has 10 heteroatoms. The van der Waals surface area contributed by atoms with Crippen LogP contribution >= 0.6 is 0 Å². The highest BCUT2D eigenvalue weighted by atomic mass is 16.6. The summed E-state index contributed by atoms with van der Waals surface area (Å²) in [7, 11) is 0. The molecule has 0 atom stereocenters. The van der Waals surface area contributed by atoms with Crippen molar-refractivity contribution in [2.24, 2.45) is 0 Å². The predicted octanol–water partition coefficient (Wildman–Crippen LogP) is 3.79. The lowest BCUT2D eigenvalue weighted by molar-refractivity contribution is 0.0473. The Bertz CT molecular complexity index is 1330. The molecule has 2 aromatic carbocycles. The maximum atomic E-state index is 13.3. The average molecular weight is 531 g/mol. The first-order valence-electron chi connectivity index (χ1n) is 12.9. The molecule has 0 unspecified atom stereocenters. The number of likely N-dealkylation sites (tertiary alicyclic amines) is 1.